The Labute approximate surface area is 200 Å². The SMILES string of the molecule is Cc1cc(Nc2cc(-c3cnn(C)c3)nc(N(C)C3C[C@H]4CCC[C@@H](C3)N4CCC#N)n2)n[nH]1. The lowest BCUT2D eigenvalue weighted by Gasteiger charge is -2.50. The molecule has 3 atom stereocenters. The van der Waals surface area contributed by atoms with E-state index in [2.05, 4.69) is 43.5 Å². The van der Waals surface area contributed by atoms with Gasteiger partial charge >= 0.3 is 0 Å². The number of anilines is 3. The van der Waals surface area contributed by atoms with Crippen molar-refractivity contribution < 1.29 is 0 Å². The maximum atomic E-state index is 9.08. The third kappa shape index (κ3) is 4.61. The molecule has 5 rings (SSSR count). The van der Waals surface area contributed by atoms with Crippen LogP contribution in [-0.4, -0.2) is 66.6 Å². The maximum absolute atomic E-state index is 9.08. The van der Waals surface area contributed by atoms with Crippen LogP contribution in [0.1, 0.15) is 44.2 Å². The van der Waals surface area contributed by atoms with Gasteiger partial charge in [-0.05, 0) is 32.6 Å². The fourth-order valence-electron chi connectivity index (χ4n) is 5.44. The number of piperidine rings is 2. The molecule has 10 nitrogen and oxygen atoms in total. The second kappa shape index (κ2) is 9.43. The van der Waals surface area contributed by atoms with Crippen molar-refractivity contribution >= 4 is 17.6 Å². The fraction of sp³-hybridized carbons (Fsp3) is 0.542. The molecule has 2 fully saturated rings. The molecule has 0 amide bonds. The average Bonchev–Trinajstić information content (AvgIpc) is 3.44. The third-order valence-corrected chi connectivity index (χ3v) is 7.12. The predicted molar refractivity (Wildman–Crippen MR) is 131 cm³/mol. The van der Waals surface area contributed by atoms with E-state index in [1.807, 2.05) is 38.5 Å². The molecule has 1 unspecified atom stereocenters. The fourth-order valence-corrected chi connectivity index (χ4v) is 5.44. The van der Waals surface area contributed by atoms with Gasteiger partial charge in [-0.2, -0.15) is 20.4 Å². The van der Waals surface area contributed by atoms with Crippen LogP contribution in [0.4, 0.5) is 17.6 Å². The van der Waals surface area contributed by atoms with Crippen LogP contribution in [0.5, 0.6) is 0 Å². The highest BCUT2D eigenvalue weighted by Gasteiger charge is 2.39. The van der Waals surface area contributed by atoms with Crippen LogP contribution >= 0.6 is 0 Å². The molecule has 0 aromatic carbocycles. The number of nitrogens with one attached hydrogen (secondary N) is 2. The van der Waals surface area contributed by atoms with Gasteiger partial charge in [0.1, 0.15) is 5.82 Å². The maximum Gasteiger partial charge on any atom is 0.227 e. The molecule has 0 saturated carbocycles. The molecular formula is C24H32N10. The molecule has 0 aliphatic carbocycles. The standard InChI is InChI=1S/C24H32N10/c1-16-10-23(31-30-16)28-22-13-21(17-14-26-32(2)15-17)27-24(29-22)33(3)20-11-18-6-4-7-19(12-20)34(18)9-5-8-25/h10,13-15,18-20H,4-7,9,11-12H2,1-3H3,(H2,27,28,29,30,31)/t18-,19+,20?. The lowest BCUT2D eigenvalue weighted by Crippen LogP contribution is -2.56. The number of nitriles is 1. The Hall–Kier alpha value is -3.45. The summed E-state index contributed by atoms with van der Waals surface area (Å²) in [4.78, 5) is 14.6. The molecule has 5 heterocycles. The van der Waals surface area contributed by atoms with Crippen molar-refractivity contribution in [3.8, 4) is 17.3 Å². The van der Waals surface area contributed by atoms with Gasteiger partial charge in [0.25, 0.3) is 0 Å². The summed E-state index contributed by atoms with van der Waals surface area (Å²) in [5, 5.41) is 24.0. The molecule has 0 spiro atoms. The van der Waals surface area contributed by atoms with Gasteiger partial charge in [0.15, 0.2) is 5.82 Å². The van der Waals surface area contributed by atoms with E-state index >= 15 is 0 Å². The van der Waals surface area contributed by atoms with Gasteiger partial charge in [-0.25, -0.2) is 4.98 Å². The molecule has 0 radical (unpaired) electrons. The number of H-pyrrole nitrogens is 1. The number of aromatic amines is 1. The Morgan fingerprint density at radius 1 is 1.21 bits per heavy atom. The minimum atomic E-state index is 0.360. The Morgan fingerprint density at radius 3 is 2.65 bits per heavy atom. The number of rotatable bonds is 7. The summed E-state index contributed by atoms with van der Waals surface area (Å²) in [6.45, 7) is 2.85. The van der Waals surface area contributed by atoms with Gasteiger partial charge in [-0.1, -0.05) is 6.42 Å². The number of aromatic nitrogens is 6. The molecule has 10 heteroatoms. The quantitative estimate of drug-likeness (QED) is 0.551. The average molecular weight is 461 g/mol. The van der Waals surface area contributed by atoms with Crippen molar-refractivity contribution in [1.82, 2.24) is 34.8 Å². The largest absolute Gasteiger partial charge is 0.341 e. The summed E-state index contributed by atoms with van der Waals surface area (Å²) < 4.78 is 1.78. The van der Waals surface area contributed by atoms with Gasteiger partial charge in [-0.3, -0.25) is 14.7 Å². The highest BCUT2D eigenvalue weighted by atomic mass is 15.3. The lowest BCUT2D eigenvalue weighted by molar-refractivity contribution is 0.0326. The molecule has 3 aromatic heterocycles. The van der Waals surface area contributed by atoms with Gasteiger partial charge in [0.2, 0.25) is 5.95 Å². The number of aryl methyl sites for hydroxylation is 2. The number of hydrogen-bond acceptors (Lipinski definition) is 8. The van der Waals surface area contributed by atoms with Crippen molar-refractivity contribution in [3.63, 3.8) is 0 Å². The Balaban J connectivity index is 1.42. The van der Waals surface area contributed by atoms with Gasteiger partial charge in [-0.15, -0.1) is 0 Å². The highest BCUT2D eigenvalue weighted by Crippen LogP contribution is 2.37. The smallest absolute Gasteiger partial charge is 0.227 e. The molecule has 34 heavy (non-hydrogen) atoms. The monoisotopic (exact) mass is 460 g/mol. The van der Waals surface area contributed by atoms with Crippen molar-refractivity contribution in [1.29, 1.82) is 5.26 Å². The van der Waals surface area contributed by atoms with Gasteiger partial charge in [0.05, 0.1) is 18.0 Å². The normalized spacial score (nSPS) is 22.4. The number of fused-ring (bicyclic) bond motifs is 2. The first-order chi connectivity index (χ1) is 16.5. The third-order valence-electron chi connectivity index (χ3n) is 7.12. The van der Waals surface area contributed by atoms with E-state index in [0.29, 0.717) is 36.3 Å². The Kier molecular flexibility index (Phi) is 6.20. The summed E-state index contributed by atoms with van der Waals surface area (Å²) in [5.41, 5.74) is 2.76. The molecule has 2 bridgehead atoms. The summed E-state index contributed by atoms with van der Waals surface area (Å²) in [7, 11) is 4.01. The van der Waals surface area contributed by atoms with E-state index in [-0.39, 0.29) is 0 Å². The molecule has 3 aromatic rings. The second-order valence-electron chi connectivity index (χ2n) is 9.52. The first-order valence-corrected chi connectivity index (χ1v) is 12.0. The highest BCUT2D eigenvalue weighted by molar-refractivity contribution is 5.66. The topological polar surface area (TPSA) is 115 Å². The second-order valence-corrected chi connectivity index (χ2v) is 9.52. The minimum Gasteiger partial charge on any atom is -0.341 e. The zero-order valence-electron chi connectivity index (χ0n) is 20.1. The van der Waals surface area contributed by atoms with Crippen LogP contribution in [0, 0.1) is 18.3 Å². The van der Waals surface area contributed by atoms with Crippen molar-refractivity contribution in [2.75, 3.05) is 23.8 Å². The van der Waals surface area contributed by atoms with Crippen molar-refractivity contribution in [3.05, 3.63) is 30.2 Å². The van der Waals surface area contributed by atoms with Crippen LogP contribution in [0.15, 0.2) is 24.5 Å². The van der Waals surface area contributed by atoms with E-state index in [4.69, 9.17) is 15.2 Å². The van der Waals surface area contributed by atoms with E-state index in [1.54, 1.807) is 4.68 Å². The van der Waals surface area contributed by atoms with Gasteiger partial charge < -0.3 is 10.2 Å². The summed E-state index contributed by atoms with van der Waals surface area (Å²) in [5.74, 6) is 2.13. The van der Waals surface area contributed by atoms with Gasteiger partial charge in [0, 0.05) is 74.8 Å². The zero-order chi connectivity index (χ0) is 23.7. The van der Waals surface area contributed by atoms with E-state index in [0.717, 1.165) is 42.2 Å². The zero-order valence-corrected chi connectivity index (χ0v) is 20.1. The molecule has 2 aliphatic heterocycles. The van der Waals surface area contributed by atoms with E-state index < -0.39 is 0 Å². The van der Waals surface area contributed by atoms with Crippen LogP contribution in [0.3, 0.4) is 0 Å². The lowest BCUT2D eigenvalue weighted by atomic mass is 9.81. The molecule has 2 N–H and O–H groups in total. The minimum absolute atomic E-state index is 0.360. The first kappa shape index (κ1) is 22.3. The molecular weight excluding hydrogens is 428 g/mol. The predicted octanol–water partition coefficient (Wildman–Crippen LogP) is 3.39. The van der Waals surface area contributed by atoms with Crippen LogP contribution in [-0.2, 0) is 7.05 Å². The first-order valence-electron chi connectivity index (χ1n) is 12.0. The van der Waals surface area contributed by atoms with Crippen LogP contribution < -0.4 is 10.2 Å². The Morgan fingerprint density at radius 2 is 2.00 bits per heavy atom. The molecule has 2 aliphatic rings. The Bertz CT molecular complexity index is 1160. The van der Waals surface area contributed by atoms with Crippen LogP contribution in [0.2, 0.25) is 0 Å². The van der Waals surface area contributed by atoms with E-state index in [9.17, 15) is 0 Å². The van der Waals surface area contributed by atoms with E-state index in [1.165, 1.54) is 19.3 Å². The molecule has 2 saturated heterocycles. The summed E-state index contributed by atoms with van der Waals surface area (Å²) >= 11 is 0. The number of nitrogens with zero attached hydrogens (tertiary/aromatic N) is 8. The summed E-state index contributed by atoms with van der Waals surface area (Å²) in [6.07, 6.45) is 10.2. The van der Waals surface area contributed by atoms with Crippen LogP contribution in [0.25, 0.3) is 11.3 Å². The van der Waals surface area contributed by atoms with Crippen molar-refractivity contribution in [2.45, 2.75) is 63.6 Å². The molecule has 178 valence electrons. The van der Waals surface area contributed by atoms with Crippen molar-refractivity contribution in [2.24, 2.45) is 7.05 Å². The summed E-state index contributed by atoms with van der Waals surface area (Å²) in [6, 6.07) is 7.63. The number of hydrogen-bond donors (Lipinski definition) is 2.